The molecule has 0 unspecified atom stereocenters. The molecule has 2 rings (SSSR count). The highest BCUT2D eigenvalue weighted by molar-refractivity contribution is 5.84. The number of hydrogen-bond acceptors (Lipinski definition) is 2. The highest BCUT2D eigenvalue weighted by Gasteiger charge is 2.22. The number of carbonyl (C=O) groups is 2. The summed E-state index contributed by atoms with van der Waals surface area (Å²) in [6.45, 7) is 0. The minimum Gasteiger partial charge on any atom is -0.479 e. The van der Waals surface area contributed by atoms with Crippen LogP contribution in [0.5, 0.6) is 0 Å². The first-order valence-electron chi connectivity index (χ1n) is 7.74. The zero-order valence-electron chi connectivity index (χ0n) is 12.3. The third kappa shape index (κ3) is 4.88. The van der Waals surface area contributed by atoms with Gasteiger partial charge in [0.1, 0.15) is 0 Å². The number of aliphatic carboxylic acids is 1. The van der Waals surface area contributed by atoms with Crippen molar-refractivity contribution in [3.63, 3.8) is 0 Å². The van der Waals surface area contributed by atoms with Crippen molar-refractivity contribution in [3.8, 4) is 0 Å². The summed E-state index contributed by atoms with van der Waals surface area (Å²) in [4.78, 5) is 23.3. The summed E-state index contributed by atoms with van der Waals surface area (Å²) in [7, 11) is 0. The van der Waals surface area contributed by atoms with E-state index in [9.17, 15) is 14.7 Å². The Morgan fingerprint density at radius 2 is 1.81 bits per heavy atom. The normalized spacial score (nSPS) is 17.1. The van der Waals surface area contributed by atoms with E-state index in [1.807, 2.05) is 6.07 Å². The molecule has 4 nitrogen and oxygen atoms in total. The van der Waals surface area contributed by atoms with Crippen LogP contribution in [-0.2, 0) is 9.59 Å². The topological polar surface area (TPSA) is 66.4 Å². The first kappa shape index (κ1) is 15.5. The molecule has 1 fully saturated rings. The molecule has 0 aromatic heterocycles. The summed E-state index contributed by atoms with van der Waals surface area (Å²) in [5.41, 5.74) is 0.607. The van der Waals surface area contributed by atoms with Crippen LogP contribution < -0.4 is 5.32 Å². The molecule has 1 atom stereocenters. The second-order valence-corrected chi connectivity index (χ2v) is 5.79. The minimum atomic E-state index is -1.02. The second-order valence-electron chi connectivity index (χ2n) is 5.79. The van der Waals surface area contributed by atoms with Gasteiger partial charge in [-0.15, -0.1) is 0 Å². The number of carbonyl (C=O) groups excluding carboxylic acids is 1. The van der Waals surface area contributed by atoms with Gasteiger partial charge in [0.15, 0.2) is 6.04 Å². The standard InChI is InChI=1S/C17H23NO3/c19-15(12-11-13-7-3-1-4-8-13)18-16(17(20)21)14-9-5-2-6-10-14/h2,5-6,9-10,13,16H,1,3-4,7-8,11-12H2,(H,18,19)(H,20,21)/t16-/m0/s1. The Labute approximate surface area is 125 Å². The number of carboxylic acid groups (broad SMARTS) is 1. The maximum absolute atomic E-state index is 12.0. The summed E-state index contributed by atoms with van der Waals surface area (Å²) in [6.07, 6.45) is 7.51. The molecule has 1 aromatic rings. The second kappa shape index (κ2) is 7.81. The molecule has 21 heavy (non-hydrogen) atoms. The quantitative estimate of drug-likeness (QED) is 0.844. The molecule has 0 aliphatic heterocycles. The average Bonchev–Trinajstić information content (AvgIpc) is 2.52. The Morgan fingerprint density at radius 3 is 2.43 bits per heavy atom. The molecule has 1 aliphatic rings. The Hall–Kier alpha value is -1.84. The summed E-state index contributed by atoms with van der Waals surface area (Å²) in [6, 6.07) is 7.87. The van der Waals surface area contributed by atoms with Crippen molar-refractivity contribution in [2.75, 3.05) is 0 Å². The number of nitrogens with one attached hydrogen (secondary N) is 1. The molecule has 0 radical (unpaired) electrons. The van der Waals surface area contributed by atoms with E-state index in [1.54, 1.807) is 24.3 Å². The van der Waals surface area contributed by atoms with Crippen LogP contribution in [0, 0.1) is 5.92 Å². The zero-order valence-corrected chi connectivity index (χ0v) is 12.3. The van der Waals surface area contributed by atoms with Gasteiger partial charge in [-0.25, -0.2) is 4.79 Å². The molecule has 0 heterocycles. The van der Waals surface area contributed by atoms with Crippen LogP contribution in [0.3, 0.4) is 0 Å². The first-order chi connectivity index (χ1) is 10.2. The molecule has 114 valence electrons. The Kier molecular flexibility index (Phi) is 5.78. The average molecular weight is 289 g/mol. The highest BCUT2D eigenvalue weighted by Crippen LogP contribution is 2.27. The lowest BCUT2D eigenvalue weighted by Crippen LogP contribution is -2.33. The van der Waals surface area contributed by atoms with Crippen LogP contribution in [0.2, 0.25) is 0 Å². The number of hydrogen-bond donors (Lipinski definition) is 2. The maximum Gasteiger partial charge on any atom is 0.330 e. The van der Waals surface area contributed by atoms with Crippen molar-refractivity contribution in [2.24, 2.45) is 5.92 Å². The largest absolute Gasteiger partial charge is 0.479 e. The highest BCUT2D eigenvalue weighted by atomic mass is 16.4. The van der Waals surface area contributed by atoms with Gasteiger partial charge in [0.25, 0.3) is 0 Å². The lowest BCUT2D eigenvalue weighted by atomic mass is 9.86. The molecule has 1 aromatic carbocycles. The van der Waals surface area contributed by atoms with Crippen molar-refractivity contribution in [1.29, 1.82) is 0 Å². The molecule has 0 saturated heterocycles. The number of carboxylic acids is 1. The van der Waals surface area contributed by atoms with Gasteiger partial charge in [-0.2, -0.15) is 0 Å². The van der Waals surface area contributed by atoms with Crippen LogP contribution in [0.4, 0.5) is 0 Å². The Balaban J connectivity index is 1.85. The molecular formula is C17H23NO3. The predicted octanol–water partition coefficient (Wildman–Crippen LogP) is 3.29. The smallest absolute Gasteiger partial charge is 0.330 e. The van der Waals surface area contributed by atoms with Crippen molar-refractivity contribution in [3.05, 3.63) is 35.9 Å². The zero-order chi connectivity index (χ0) is 15.1. The minimum absolute atomic E-state index is 0.170. The van der Waals surface area contributed by atoms with Crippen LogP contribution in [0.15, 0.2) is 30.3 Å². The monoisotopic (exact) mass is 289 g/mol. The summed E-state index contributed by atoms with van der Waals surface area (Å²) >= 11 is 0. The number of rotatable bonds is 6. The van der Waals surface area contributed by atoms with Gasteiger partial charge in [0.05, 0.1) is 0 Å². The molecule has 0 spiro atoms. The van der Waals surface area contributed by atoms with Gasteiger partial charge >= 0.3 is 5.97 Å². The van der Waals surface area contributed by atoms with E-state index in [4.69, 9.17) is 0 Å². The molecular weight excluding hydrogens is 266 g/mol. The lowest BCUT2D eigenvalue weighted by Gasteiger charge is -2.21. The fourth-order valence-electron chi connectivity index (χ4n) is 2.98. The molecule has 0 bridgehead atoms. The maximum atomic E-state index is 12.0. The molecule has 1 amide bonds. The van der Waals surface area contributed by atoms with Crippen molar-refractivity contribution in [2.45, 2.75) is 51.0 Å². The van der Waals surface area contributed by atoms with Gasteiger partial charge < -0.3 is 10.4 Å². The third-order valence-electron chi connectivity index (χ3n) is 4.19. The molecule has 1 saturated carbocycles. The van der Waals surface area contributed by atoms with Gasteiger partial charge in [0, 0.05) is 6.42 Å². The summed E-state index contributed by atoms with van der Waals surface area (Å²) in [5.74, 6) is -0.562. The number of amides is 1. The SMILES string of the molecule is O=C(CCC1CCCCC1)N[C@H](C(=O)O)c1ccccc1. The van der Waals surface area contributed by atoms with Crippen molar-refractivity contribution < 1.29 is 14.7 Å². The van der Waals surface area contributed by atoms with Gasteiger partial charge in [-0.05, 0) is 17.9 Å². The Bertz CT molecular complexity index is 466. The van der Waals surface area contributed by atoms with Gasteiger partial charge in [0.2, 0.25) is 5.91 Å². The predicted molar refractivity (Wildman–Crippen MR) is 80.8 cm³/mol. The van der Waals surface area contributed by atoms with Gasteiger partial charge in [-0.3, -0.25) is 4.79 Å². The Morgan fingerprint density at radius 1 is 1.14 bits per heavy atom. The number of benzene rings is 1. The van der Waals surface area contributed by atoms with E-state index in [-0.39, 0.29) is 5.91 Å². The van der Waals surface area contributed by atoms with Crippen molar-refractivity contribution in [1.82, 2.24) is 5.32 Å². The molecule has 2 N–H and O–H groups in total. The third-order valence-corrected chi connectivity index (χ3v) is 4.19. The van der Waals surface area contributed by atoms with E-state index in [0.29, 0.717) is 17.9 Å². The van der Waals surface area contributed by atoms with Crippen LogP contribution >= 0.6 is 0 Å². The van der Waals surface area contributed by atoms with Crippen LogP contribution in [-0.4, -0.2) is 17.0 Å². The summed E-state index contributed by atoms with van der Waals surface area (Å²) in [5, 5.41) is 11.9. The van der Waals surface area contributed by atoms with E-state index in [1.165, 1.54) is 32.1 Å². The van der Waals surface area contributed by atoms with Crippen molar-refractivity contribution >= 4 is 11.9 Å². The van der Waals surface area contributed by atoms with Crippen LogP contribution in [0.25, 0.3) is 0 Å². The van der Waals surface area contributed by atoms with E-state index in [0.717, 1.165) is 6.42 Å². The van der Waals surface area contributed by atoms with Gasteiger partial charge in [-0.1, -0.05) is 62.4 Å². The first-order valence-corrected chi connectivity index (χ1v) is 7.74. The van der Waals surface area contributed by atoms with E-state index in [2.05, 4.69) is 5.32 Å². The molecule has 1 aliphatic carbocycles. The fourth-order valence-corrected chi connectivity index (χ4v) is 2.98. The fraction of sp³-hybridized carbons (Fsp3) is 0.529. The molecule has 4 heteroatoms. The lowest BCUT2D eigenvalue weighted by molar-refractivity contribution is -0.142. The van der Waals surface area contributed by atoms with Crippen LogP contribution in [0.1, 0.15) is 56.6 Å². The van der Waals surface area contributed by atoms with E-state index < -0.39 is 12.0 Å². The summed E-state index contributed by atoms with van der Waals surface area (Å²) < 4.78 is 0. The van der Waals surface area contributed by atoms with E-state index >= 15 is 0 Å².